The number of carbonyl (C=O) groups excluding carboxylic acids is 2. The van der Waals surface area contributed by atoms with Crippen LogP contribution in [0.5, 0.6) is 0 Å². The summed E-state index contributed by atoms with van der Waals surface area (Å²) in [5.41, 5.74) is -0.993. The molecule has 0 aromatic heterocycles. The number of benzene rings is 1. The van der Waals surface area contributed by atoms with Crippen molar-refractivity contribution in [3.8, 4) is 0 Å². The van der Waals surface area contributed by atoms with Gasteiger partial charge in [0.1, 0.15) is 0 Å². The van der Waals surface area contributed by atoms with Crippen molar-refractivity contribution in [2.45, 2.75) is 40.7 Å². The molecule has 2 rings (SSSR count). The lowest BCUT2D eigenvalue weighted by atomic mass is 9.98. The fraction of sp³-hybridized carbons (Fsp3) is 0.579. The Labute approximate surface area is 158 Å². The monoisotopic (exact) mass is 384 g/mol. The largest absolute Gasteiger partial charge is 0.462 e. The number of hydrogen-bond donors (Lipinski definition) is 0. The number of esters is 1. The van der Waals surface area contributed by atoms with E-state index in [2.05, 4.69) is 0 Å². The summed E-state index contributed by atoms with van der Waals surface area (Å²) in [5.74, 6) is -3.56. The molecule has 6 nitrogen and oxygen atoms in total. The van der Waals surface area contributed by atoms with E-state index in [0.29, 0.717) is 19.6 Å². The maximum absolute atomic E-state index is 14.5. The van der Waals surface area contributed by atoms with Crippen LogP contribution in [0.25, 0.3) is 0 Å². The molecule has 1 aliphatic rings. The molecule has 0 amide bonds. The lowest BCUT2D eigenvalue weighted by Gasteiger charge is -2.40. The lowest BCUT2D eigenvalue weighted by Crippen LogP contribution is -2.53. The predicted octanol–water partition coefficient (Wildman–Crippen LogP) is 3.16. The van der Waals surface area contributed by atoms with Crippen molar-refractivity contribution in [1.29, 1.82) is 0 Å². The molecule has 1 saturated heterocycles. The third kappa shape index (κ3) is 4.74. The van der Waals surface area contributed by atoms with Crippen LogP contribution in [0.4, 0.5) is 14.5 Å². The van der Waals surface area contributed by atoms with Gasteiger partial charge in [-0.3, -0.25) is 0 Å². The van der Waals surface area contributed by atoms with Crippen LogP contribution in [-0.2, 0) is 14.4 Å². The molecule has 150 valence electrons. The molecule has 1 fully saturated rings. The van der Waals surface area contributed by atoms with Gasteiger partial charge in [-0.05, 0) is 46.8 Å². The first-order valence-electron chi connectivity index (χ1n) is 8.95. The number of halogens is 2. The third-order valence-electron chi connectivity index (χ3n) is 4.28. The van der Waals surface area contributed by atoms with Crippen LogP contribution in [0.3, 0.4) is 0 Å². The zero-order chi connectivity index (χ0) is 20.4. The van der Waals surface area contributed by atoms with Gasteiger partial charge in [0.25, 0.3) is 0 Å². The molecule has 0 radical (unpaired) electrons. The van der Waals surface area contributed by atoms with Gasteiger partial charge in [-0.25, -0.2) is 18.4 Å². The smallest absolute Gasteiger partial charge is 0.341 e. The van der Waals surface area contributed by atoms with Crippen LogP contribution in [0.1, 0.15) is 45.0 Å². The highest BCUT2D eigenvalue weighted by Gasteiger charge is 2.32. The van der Waals surface area contributed by atoms with Crippen molar-refractivity contribution in [3.05, 3.63) is 29.3 Å². The topological polar surface area (TPSA) is 59.1 Å². The van der Waals surface area contributed by atoms with Crippen LogP contribution in [0, 0.1) is 17.0 Å². The van der Waals surface area contributed by atoms with Gasteiger partial charge in [-0.2, -0.15) is 0 Å². The summed E-state index contributed by atoms with van der Waals surface area (Å²) in [6, 6.07) is 2.38. The SMILES string of the molecule is CCOC(=O)c1ccc(N2CCN(OC(=O)C(C)(C)C)C(C)C2)c(F)c1F. The molecule has 1 heterocycles. The van der Waals surface area contributed by atoms with Crippen LogP contribution in [0.15, 0.2) is 12.1 Å². The van der Waals surface area contributed by atoms with E-state index < -0.39 is 28.6 Å². The first-order chi connectivity index (χ1) is 12.6. The van der Waals surface area contributed by atoms with E-state index in [4.69, 9.17) is 9.57 Å². The van der Waals surface area contributed by atoms with E-state index >= 15 is 0 Å². The molecule has 1 aromatic carbocycles. The van der Waals surface area contributed by atoms with Gasteiger partial charge < -0.3 is 14.5 Å². The summed E-state index contributed by atoms with van der Waals surface area (Å²) in [5, 5.41) is 1.56. The Morgan fingerprint density at radius 2 is 1.85 bits per heavy atom. The lowest BCUT2D eigenvalue weighted by molar-refractivity contribution is -0.211. The quantitative estimate of drug-likeness (QED) is 0.744. The van der Waals surface area contributed by atoms with E-state index in [1.54, 1.807) is 37.7 Å². The van der Waals surface area contributed by atoms with Crippen molar-refractivity contribution >= 4 is 17.6 Å². The Morgan fingerprint density at radius 3 is 2.41 bits per heavy atom. The maximum Gasteiger partial charge on any atom is 0.341 e. The van der Waals surface area contributed by atoms with Crippen molar-refractivity contribution in [2.24, 2.45) is 5.41 Å². The van der Waals surface area contributed by atoms with Gasteiger partial charge in [0.15, 0.2) is 11.6 Å². The zero-order valence-electron chi connectivity index (χ0n) is 16.3. The average Bonchev–Trinajstić information content (AvgIpc) is 2.58. The van der Waals surface area contributed by atoms with E-state index in [0.717, 1.165) is 0 Å². The molecule has 0 spiro atoms. The molecule has 1 aromatic rings. The number of anilines is 1. The summed E-state index contributed by atoms with van der Waals surface area (Å²) in [7, 11) is 0. The van der Waals surface area contributed by atoms with Crippen LogP contribution >= 0.6 is 0 Å². The summed E-state index contributed by atoms with van der Waals surface area (Å²) in [6.07, 6.45) is 0. The minimum absolute atomic E-state index is 0.0641. The van der Waals surface area contributed by atoms with E-state index in [9.17, 15) is 18.4 Å². The number of hydroxylamine groups is 2. The molecule has 8 heteroatoms. The molecule has 0 aliphatic carbocycles. The molecule has 1 unspecified atom stereocenters. The second kappa shape index (κ2) is 8.21. The Bertz CT molecular complexity index is 718. The molecular formula is C19H26F2N2O4. The molecule has 27 heavy (non-hydrogen) atoms. The fourth-order valence-electron chi connectivity index (χ4n) is 2.69. The highest BCUT2D eigenvalue weighted by Crippen LogP contribution is 2.27. The van der Waals surface area contributed by atoms with Crippen LogP contribution in [0.2, 0.25) is 0 Å². The Hall–Kier alpha value is -2.22. The number of nitrogens with zero attached hydrogens (tertiary/aromatic N) is 2. The molecule has 0 N–H and O–H groups in total. The van der Waals surface area contributed by atoms with E-state index in [-0.39, 0.29) is 24.3 Å². The standard InChI is InChI=1S/C19H26F2N2O4/c1-6-26-17(24)13-7-8-14(16(21)15(13)20)22-9-10-23(12(2)11-22)27-18(25)19(3,4)5/h7-8,12H,6,9-11H2,1-5H3. The number of hydrogen-bond acceptors (Lipinski definition) is 6. The molecule has 0 bridgehead atoms. The number of carbonyl (C=O) groups is 2. The molecule has 0 saturated carbocycles. The van der Waals surface area contributed by atoms with Gasteiger partial charge in [-0.1, -0.05) is 0 Å². The summed E-state index contributed by atoms with van der Waals surface area (Å²) in [6.45, 7) is 9.83. The van der Waals surface area contributed by atoms with E-state index in [1.165, 1.54) is 12.1 Å². The molecule has 1 atom stereocenters. The van der Waals surface area contributed by atoms with Gasteiger partial charge in [0, 0.05) is 13.1 Å². The number of rotatable bonds is 4. The second-order valence-corrected chi connectivity index (χ2v) is 7.55. The van der Waals surface area contributed by atoms with Crippen molar-refractivity contribution in [1.82, 2.24) is 5.06 Å². The summed E-state index contributed by atoms with van der Waals surface area (Å²) < 4.78 is 33.5. The van der Waals surface area contributed by atoms with Gasteiger partial charge in [0.2, 0.25) is 0 Å². The number of ether oxygens (including phenoxy) is 1. The maximum atomic E-state index is 14.5. The first-order valence-corrected chi connectivity index (χ1v) is 8.95. The minimum atomic E-state index is -1.22. The third-order valence-corrected chi connectivity index (χ3v) is 4.28. The predicted molar refractivity (Wildman–Crippen MR) is 96.2 cm³/mol. The summed E-state index contributed by atoms with van der Waals surface area (Å²) >= 11 is 0. The van der Waals surface area contributed by atoms with Crippen molar-refractivity contribution in [3.63, 3.8) is 0 Å². The highest BCUT2D eigenvalue weighted by molar-refractivity contribution is 5.90. The minimum Gasteiger partial charge on any atom is -0.462 e. The van der Waals surface area contributed by atoms with Crippen LogP contribution < -0.4 is 4.90 Å². The normalized spacial score (nSPS) is 18.3. The van der Waals surface area contributed by atoms with E-state index in [1.807, 2.05) is 6.92 Å². The number of piperazine rings is 1. The Morgan fingerprint density at radius 1 is 1.19 bits per heavy atom. The van der Waals surface area contributed by atoms with Crippen molar-refractivity contribution < 1.29 is 27.9 Å². The van der Waals surface area contributed by atoms with Crippen LogP contribution in [-0.4, -0.2) is 49.3 Å². The summed E-state index contributed by atoms with van der Waals surface area (Å²) in [4.78, 5) is 30.8. The zero-order valence-corrected chi connectivity index (χ0v) is 16.3. The average molecular weight is 384 g/mol. The Kier molecular flexibility index (Phi) is 6.41. The Balaban J connectivity index is 2.12. The second-order valence-electron chi connectivity index (χ2n) is 7.55. The van der Waals surface area contributed by atoms with Crippen molar-refractivity contribution in [2.75, 3.05) is 31.1 Å². The first kappa shape index (κ1) is 21.1. The highest BCUT2D eigenvalue weighted by atomic mass is 19.2. The molecular weight excluding hydrogens is 358 g/mol. The molecule has 1 aliphatic heterocycles. The van der Waals surface area contributed by atoms with Gasteiger partial charge >= 0.3 is 11.9 Å². The van der Waals surface area contributed by atoms with Gasteiger partial charge in [-0.15, -0.1) is 5.06 Å². The fourth-order valence-corrected chi connectivity index (χ4v) is 2.69. The van der Waals surface area contributed by atoms with Gasteiger partial charge in [0.05, 0.1) is 35.9 Å².